The van der Waals surface area contributed by atoms with Crippen LogP contribution in [0.1, 0.15) is 58.3 Å². The summed E-state index contributed by atoms with van der Waals surface area (Å²) >= 11 is 0. The average molecular weight is 280 g/mol. The van der Waals surface area contributed by atoms with Crippen LogP contribution in [0.25, 0.3) is 0 Å². The van der Waals surface area contributed by atoms with Gasteiger partial charge in [0.25, 0.3) is 0 Å². The Hall–Kier alpha value is -0.120. The van der Waals surface area contributed by atoms with Crippen LogP contribution >= 0.6 is 0 Å². The van der Waals surface area contributed by atoms with Gasteiger partial charge >= 0.3 is 0 Å². The summed E-state index contributed by atoms with van der Waals surface area (Å²) in [5, 5.41) is 3.96. The lowest BCUT2D eigenvalue weighted by atomic mass is 9.83. The van der Waals surface area contributed by atoms with Gasteiger partial charge in [-0.25, -0.2) is 0 Å². The van der Waals surface area contributed by atoms with Gasteiger partial charge in [0.15, 0.2) is 0 Å². The fourth-order valence-electron chi connectivity index (χ4n) is 4.48. The van der Waals surface area contributed by atoms with Crippen LogP contribution < -0.4 is 5.32 Å². The van der Waals surface area contributed by atoms with E-state index in [1.54, 1.807) is 0 Å². The van der Waals surface area contributed by atoms with Crippen LogP contribution in [0.5, 0.6) is 0 Å². The molecule has 20 heavy (non-hydrogen) atoms. The summed E-state index contributed by atoms with van der Waals surface area (Å²) in [6.45, 7) is 7.15. The monoisotopic (exact) mass is 280 g/mol. The Morgan fingerprint density at radius 1 is 1.20 bits per heavy atom. The Morgan fingerprint density at radius 3 is 2.60 bits per heavy atom. The maximum Gasteiger partial charge on any atom is 0.0462 e. The molecule has 3 rings (SSSR count). The zero-order chi connectivity index (χ0) is 14.1. The second-order valence-electron chi connectivity index (χ2n) is 7.60. The van der Waals surface area contributed by atoms with Gasteiger partial charge in [-0.2, -0.15) is 0 Å². The molecule has 3 aliphatic rings. The smallest absolute Gasteiger partial charge is 0.0462 e. The third-order valence-electron chi connectivity index (χ3n) is 6.05. The van der Waals surface area contributed by atoms with Crippen molar-refractivity contribution in [2.45, 2.75) is 69.4 Å². The van der Waals surface area contributed by atoms with Gasteiger partial charge in [-0.15, -0.1) is 0 Å². The minimum atomic E-state index is 0.384. The summed E-state index contributed by atoms with van der Waals surface area (Å²) < 4.78 is 5.21. The number of hydrogen-bond donors (Lipinski definition) is 1. The molecule has 0 aromatic heterocycles. The molecule has 1 N–H and O–H groups in total. The van der Waals surface area contributed by atoms with E-state index in [2.05, 4.69) is 17.1 Å². The topological polar surface area (TPSA) is 24.5 Å². The minimum Gasteiger partial charge on any atom is -0.385 e. The predicted octanol–water partition coefficient (Wildman–Crippen LogP) is 2.80. The molecule has 1 saturated heterocycles. The molecule has 0 aromatic carbocycles. The van der Waals surface area contributed by atoms with Crippen molar-refractivity contribution < 1.29 is 4.74 Å². The molecule has 2 aliphatic carbocycles. The SMILES string of the molecule is COCCCCN1CC(C)(C2CC2)NCC12CCCC2. The molecule has 1 atom stereocenters. The largest absolute Gasteiger partial charge is 0.385 e. The van der Waals surface area contributed by atoms with Crippen LogP contribution in [0.3, 0.4) is 0 Å². The molecule has 1 heterocycles. The molecule has 3 heteroatoms. The van der Waals surface area contributed by atoms with Crippen molar-refractivity contribution in [1.82, 2.24) is 10.2 Å². The molecule has 116 valence electrons. The first kappa shape index (κ1) is 14.8. The molecule has 0 bridgehead atoms. The van der Waals surface area contributed by atoms with Crippen molar-refractivity contribution in [2.24, 2.45) is 5.92 Å². The third-order valence-corrected chi connectivity index (χ3v) is 6.05. The van der Waals surface area contributed by atoms with E-state index in [1.165, 1.54) is 71.0 Å². The van der Waals surface area contributed by atoms with E-state index in [9.17, 15) is 0 Å². The van der Waals surface area contributed by atoms with Crippen LogP contribution in [0.15, 0.2) is 0 Å². The molecular weight excluding hydrogens is 248 g/mol. The first-order chi connectivity index (χ1) is 9.69. The van der Waals surface area contributed by atoms with E-state index in [0.29, 0.717) is 11.1 Å². The number of nitrogens with zero attached hydrogens (tertiary/aromatic N) is 1. The molecule has 3 nitrogen and oxygen atoms in total. The normalized spacial score (nSPS) is 33.9. The zero-order valence-electron chi connectivity index (χ0n) is 13.4. The fraction of sp³-hybridized carbons (Fsp3) is 1.00. The molecule has 3 fully saturated rings. The van der Waals surface area contributed by atoms with Gasteiger partial charge in [0.1, 0.15) is 0 Å². The number of methoxy groups -OCH3 is 1. The highest BCUT2D eigenvalue weighted by Crippen LogP contribution is 2.45. The molecular formula is C17H32N2O. The van der Waals surface area contributed by atoms with E-state index in [1.807, 2.05) is 7.11 Å². The first-order valence-corrected chi connectivity index (χ1v) is 8.68. The minimum absolute atomic E-state index is 0.384. The van der Waals surface area contributed by atoms with Crippen LogP contribution in [0.2, 0.25) is 0 Å². The van der Waals surface area contributed by atoms with Crippen LogP contribution in [0.4, 0.5) is 0 Å². The molecule has 0 radical (unpaired) electrons. The predicted molar refractivity (Wildman–Crippen MR) is 83.0 cm³/mol. The van der Waals surface area contributed by atoms with E-state index in [0.717, 1.165) is 12.5 Å². The van der Waals surface area contributed by atoms with Gasteiger partial charge in [0.05, 0.1) is 0 Å². The van der Waals surface area contributed by atoms with Crippen molar-refractivity contribution >= 4 is 0 Å². The Morgan fingerprint density at radius 2 is 1.95 bits per heavy atom. The molecule has 0 amide bonds. The molecule has 1 spiro atoms. The lowest BCUT2D eigenvalue weighted by molar-refractivity contribution is 0.00363. The Bertz CT molecular complexity index is 323. The number of nitrogens with one attached hydrogen (secondary N) is 1. The highest BCUT2D eigenvalue weighted by Gasteiger charge is 2.51. The first-order valence-electron chi connectivity index (χ1n) is 8.68. The lowest BCUT2D eigenvalue weighted by Crippen LogP contribution is -2.69. The van der Waals surface area contributed by atoms with Gasteiger partial charge in [0.2, 0.25) is 0 Å². The Balaban J connectivity index is 1.62. The van der Waals surface area contributed by atoms with Crippen LogP contribution in [-0.4, -0.2) is 49.3 Å². The summed E-state index contributed by atoms with van der Waals surface area (Å²) in [6.07, 6.45) is 11.0. The van der Waals surface area contributed by atoms with Crippen LogP contribution in [0, 0.1) is 5.92 Å². The van der Waals surface area contributed by atoms with Crippen molar-refractivity contribution in [1.29, 1.82) is 0 Å². The van der Waals surface area contributed by atoms with Gasteiger partial charge in [-0.05, 0) is 57.9 Å². The van der Waals surface area contributed by atoms with Crippen molar-refractivity contribution in [3.05, 3.63) is 0 Å². The highest BCUT2D eigenvalue weighted by molar-refractivity contribution is 5.10. The van der Waals surface area contributed by atoms with Crippen LogP contribution in [-0.2, 0) is 4.74 Å². The quantitative estimate of drug-likeness (QED) is 0.757. The van der Waals surface area contributed by atoms with Crippen molar-refractivity contribution in [3.63, 3.8) is 0 Å². The Kier molecular flexibility index (Phi) is 4.40. The average Bonchev–Trinajstić information content (AvgIpc) is 3.21. The van der Waals surface area contributed by atoms with Gasteiger partial charge in [-0.3, -0.25) is 4.90 Å². The summed E-state index contributed by atoms with van der Waals surface area (Å²) in [7, 11) is 1.81. The third kappa shape index (κ3) is 2.90. The fourth-order valence-corrected chi connectivity index (χ4v) is 4.48. The summed E-state index contributed by atoms with van der Waals surface area (Å²) in [6, 6.07) is 0. The maximum absolute atomic E-state index is 5.21. The molecule has 2 saturated carbocycles. The summed E-state index contributed by atoms with van der Waals surface area (Å²) in [5.74, 6) is 0.933. The number of hydrogen-bond acceptors (Lipinski definition) is 3. The highest BCUT2D eigenvalue weighted by atomic mass is 16.5. The number of unbranched alkanes of at least 4 members (excludes halogenated alkanes) is 1. The summed E-state index contributed by atoms with van der Waals surface area (Å²) in [4.78, 5) is 2.87. The van der Waals surface area contributed by atoms with Gasteiger partial charge in [-0.1, -0.05) is 12.8 Å². The number of rotatable bonds is 6. The maximum atomic E-state index is 5.21. The number of piperazine rings is 1. The second kappa shape index (κ2) is 5.94. The second-order valence-corrected chi connectivity index (χ2v) is 7.60. The summed E-state index contributed by atoms with van der Waals surface area (Å²) in [5.41, 5.74) is 0.872. The lowest BCUT2D eigenvalue weighted by Gasteiger charge is -2.53. The van der Waals surface area contributed by atoms with E-state index < -0.39 is 0 Å². The zero-order valence-corrected chi connectivity index (χ0v) is 13.4. The van der Waals surface area contributed by atoms with E-state index in [-0.39, 0.29) is 0 Å². The van der Waals surface area contributed by atoms with E-state index in [4.69, 9.17) is 4.74 Å². The molecule has 0 aromatic rings. The Labute approximate surface area is 124 Å². The standard InChI is InChI=1S/C17H32N2O/c1-16(15-7-8-15)14-19(11-5-6-12-20-2)17(13-18-16)9-3-4-10-17/h15,18H,3-14H2,1-2H3. The molecule has 1 aliphatic heterocycles. The van der Waals surface area contributed by atoms with Crippen molar-refractivity contribution in [3.8, 4) is 0 Å². The van der Waals surface area contributed by atoms with Gasteiger partial charge in [0, 0.05) is 37.9 Å². The number of ether oxygens (including phenoxy) is 1. The van der Waals surface area contributed by atoms with E-state index >= 15 is 0 Å². The molecule has 1 unspecified atom stereocenters. The van der Waals surface area contributed by atoms with Gasteiger partial charge < -0.3 is 10.1 Å². The van der Waals surface area contributed by atoms with Crippen molar-refractivity contribution in [2.75, 3.05) is 33.4 Å².